The standard InChI is InChI=1S/C11H12OS/c1-2-3-9-13(12)10-11-7-5-4-6-8-11/h2-9H,1,10H2/b9-3+. The highest BCUT2D eigenvalue weighted by Gasteiger charge is 1.95. The number of benzene rings is 1. The van der Waals surface area contributed by atoms with E-state index < -0.39 is 10.8 Å². The first kappa shape index (κ1) is 9.93. The molecule has 1 aromatic rings. The smallest absolute Gasteiger partial charge is 0.0526 e. The molecule has 1 rings (SSSR count). The third-order valence-corrected chi connectivity index (χ3v) is 2.60. The van der Waals surface area contributed by atoms with Crippen molar-refractivity contribution in [2.75, 3.05) is 0 Å². The number of allylic oxidation sites excluding steroid dienone is 2. The van der Waals surface area contributed by atoms with Crippen LogP contribution in [0.2, 0.25) is 0 Å². The number of hydrogen-bond acceptors (Lipinski definition) is 1. The first-order chi connectivity index (χ1) is 6.33. The van der Waals surface area contributed by atoms with E-state index in [0.29, 0.717) is 5.75 Å². The van der Waals surface area contributed by atoms with Gasteiger partial charge < -0.3 is 0 Å². The van der Waals surface area contributed by atoms with Crippen molar-refractivity contribution in [3.05, 3.63) is 60.0 Å². The zero-order valence-electron chi connectivity index (χ0n) is 7.35. The first-order valence-electron chi connectivity index (χ1n) is 4.03. The average Bonchev–Trinajstić information content (AvgIpc) is 2.16. The maximum atomic E-state index is 11.3. The van der Waals surface area contributed by atoms with Crippen molar-refractivity contribution >= 4 is 10.8 Å². The lowest BCUT2D eigenvalue weighted by atomic mass is 10.2. The van der Waals surface area contributed by atoms with E-state index in [4.69, 9.17) is 0 Å². The zero-order chi connectivity index (χ0) is 9.52. The van der Waals surface area contributed by atoms with Crippen LogP contribution in [0.25, 0.3) is 0 Å². The minimum atomic E-state index is -0.923. The van der Waals surface area contributed by atoms with Crippen LogP contribution in [-0.2, 0) is 16.6 Å². The van der Waals surface area contributed by atoms with Gasteiger partial charge in [-0.25, -0.2) is 0 Å². The fourth-order valence-electron chi connectivity index (χ4n) is 0.930. The van der Waals surface area contributed by atoms with Gasteiger partial charge in [0, 0.05) is 5.41 Å². The molecule has 0 aliphatic carbocycles. The second kappa shape index (κ2) is 5.49. The topological polar surface area (TPSA) is 17.1 Å². The van der Waals surface area contributed by atoms with Gasteiger partial charge in [0.15, 0.2) is 0 Å². The average molecular weight is 192 g/mol. The summed E-state index contributed by atoms with van der Waals surface area (Å²) in [5.41, 5.74) is 1.09. The molecule has 0 N–H and O–H groups in total. The molecule has 0 fully saturated rings. The molecule has 68 valence electrons. The Kier molecular flexibility index (Phi) is 4.19. The van der Waals surface area contributed by atoms with E-state index in [9.17, 15) is 4.21 Å². The molecule has 13 heavy (non-hydrogen) atoms. The molecular formula is C11H12OS. The molecule has 0 aliphatic rings. The van der Waals surface area contributed by atoms with Crippen LogP contribution in [0, 0.1) is 0 Å². The van der Waals surface area contributed by atoms with E-state index in [1.54, 1.807) is 17.6 Å². The summed E-state index contributed by atoms with van der Waals surface area (Å²) in [5, 5.41) is 1.65. The lowest BCUT2D eigenvalue weighted by Crippen LogP contribution is -1.90. The van der Waals surface area contributed by atoms with Crippen molar-refractivity contribution in [1.29, 1.82) is 0 Å². The van der Waals surface area contributed by atoms with Crippen molar-refractivity contribution < 1.29 is 4.21 Å². The molecule has 0 aliphatic heterocycles. The van der Waals surface area contributed by atoms with E-state index >= 15 is 0 Å². The monoisotopic (exact) mass is 192 g/mol. The molecule has 0 radical (unpaired) electrons. The van der Waals surface area contributed by atoms with Gasteiger partial charge in [0.2, 0.25) is 0 Å². The summed E-state index contributed by atoms with van der Waals surface area (Å²) in [4.78, 5) is 0. The van der Waals surface area contributed by atoms with E-state index in [-0.39, 0.29) is 0 Å². The van der Waals surface area contributed by atoms with Crippen molar-refractivity contribution in [3.63, 3.8) is 0 Å². The summed E-state index contributed by atoms with van der Waals surface area (Å²) in [6.07, 6.45) is 3.34. The summed E-state index contributed by atoms with van der Waals surface area (Å²) in [7, 11) is -0.923. The Morgan fingerprint density at radius 3 is 2.62 bits per heavy atom. The molecule has 0 saturated carbocycles. The second-order valence-electron chi connectivity index (χ2n) is 2.57. The molecule has 0 amide bonds. The van der Waals surface area contributed by atoms with Crippen molar-refractivity contribution in [2.45, 2.75) is 5.75 Å². The molecule has 1 aromatic carbocycles. The van der Waals surface area contributed by atoms with Gasteiger partial charge >= 0.3 is 0 Å². The van der Waals surface area contributed by atoms with Crippen LogP contribution < -0.4 is 0 Å². The van der Waals surface area contributed by atoms with Crippen LogP contribution in [0.4, 0.5) is 0 Å². The lowest BCUT2D eigenvalue weighted by molar-refractivity contribution is 0.688. The Morgan fingerprint density at radius 2 is 2.00 bits per heavy atom. The molecule has 1 nitrogen and oxygen atoms in total. The highest BCUT2D eigenvalue weighted by Crippen LogP contribution is 2.03. The van der Waals surface area contributed by atoms with Crippen molar-refractivity contribution in [3.8, 4) is 0 Å². The minimum Gasteiger partial charge on any atom is -0.255 e. The van der Waals surface area contributed by atoms with Gasteiger partial charge in [-0.15, -0.1) is 0 Å². The first-order valence-corrected chi connectivity index (χ1v) is 5.41. The van der Waals surface area contributed by atoms with E-state index in [2.05, 4.69) is 6.58 Å². The fourth-order valence-corrected chi connectivity index (χ4v) is 1.83. The maximum Gasteiger partial charge on any atom is 0.0526 e. The summed E-state index contributed by atoms with van der Waals surface area (Å²) in [6.45, 7) is 3.52. The third kappa shape index (κ3) is 3.85. The number of hydrogen-bond donors (Lipinski definition) is 0. The van der Waals surface area contributed by atoms with Crippen LogP contribution in [0.3, 0.4) is 0 Å². The Balaban J connectivity index is 2.55. The molecular weight excluding hydrogens is 180 g/mol. The molecule has 0 bridgehead atoms. The SMILES string of the molecule is C=C/C=C/S(=O)Cc1ccccc1. The predicted molar refractivity (Wildman–Crippen MR) is 57.6 cm³/mol. The maximum absolute atomic E-state index is 11.3. The van der Waals surface area contributed by atoms with E-state index in [1.807, 2.05) is 30.3 Å². The Labute approximate surface area is 81.3 Å². The van der Waals surface area contributed by atoms with Gasteiger partial charge in [0.05, 0.1) is 16.6 Å². The lowest BCUT2D eigenvalue weighted by Gasteiger charge is -1.96. The van der Waals surface area contributed by atoms with Gasteiger partial charge in [-0.1, -0.05) is 49.1 Å². The van der Waals surface area contributed by atoms with Crippen LogP contribution >= 0.6 is 0 Å². The molecule has 0 spiro atoms. The minimum absolute atomic E-state index is 0.575. The predicted octanol–water partition coefficient (Wildman–Crippen LogP) is 2.64. The Hall–Kier alpha value is -1.15. The highest BCUT2D eigenvalue weighted by molar-refractivity contribution is 7.87. The Bertz CT molecular complexity index is 314. The molecule has 0 aromatic heterocycles. The summed E-state index contributed by atoms with van der Waals surface area (Å²) in [6, 6.07) is 9.79. The molecule has 2 heteroatoms. The van der Waals surface area contributed by atoms with Crippen LogP contribution in [0.15, 0.2) is 54.5 Å². The number of rotatable bonds is 4. The normalized spacial score (nSPS) is 12.9. The van der Waals surface area contributed by atoms with Crippen LogP contribution in [0.5, 0.6) is 0 Å². The van der Waals surface area contributed by atoms with Gasteiger partial charge in [-0.05, 0) is 5.56 Å². The molecule has 0 saturated heterocycles. The van der Waals surface area contributed by atoms with E-state index in [0.717, 1.165) is 5.56 Å². The van der Waals surface area contributed by atoms with Gasteiger partial charge in [-0.3, -0.25) is 4.21 Å². The van der Waals surface area contributed by atoms with Crippen molar-refractivity contribution in [2.24, 2.45) is 0 Å². The van der Waals surface area contributed by atoms with Gasteiger partial charge in [0.1, 0.15) is 0 Å². The zero-order valence-corrected chi connectivity index (χ0v) is 8.17. The second-order valence-corrected chi connectivity index (χ2v) is 3.90. The quantitative estimate of drug-likeness (QED) is 0.670. The Morgan fingerprint density at radius 1 is 1.31 bits per heavy atom. The van der Waals surface area contributed by atoms with Crippen molar-refractivity contribution in [1.82, 2.24) is 0 Å². The third-order valence-electron chi connectivity index (χ3n) is 1.52. The highest BCUT2D eigenvalue weighted by atomic mass is 32.2. The molecule has 1 atom stereocenters. The summed E-state index contributed by atoms with van der Waals surface area (Å²) < 4.78 is 11.3. The molecule has 0 heterocycles. The molecule has 1 unspecified atom stereocenters. The van der Waals surface area contributed by atoms with Crippen LogP contribution in [0.1, 0.15) is 5.56 Å². The van der Waals surface area contributed by atoms with Gasteiger partial charge in [0.25, 0.3) is 0 Å². The largest absolute Gasteiger partial charge is 0.255 e. The van der Waals surface area contributed by atoms with Gasteiger partial charge in [-0.2, -0.15) is 0 Å². The summed E-state index contributed by atoms with van der Waals surface area (Å²) >= 11 is 0. The van der Waals surface area contributed by atoms with E-state index in [1.165, 1.54) is 0 Å². The fraction of sp³-hybridized carbons (Fsp3) is 0.0909. The summed E-state index contributed by atoms with van der Waals surface area (Å²) in [5.74, 6) is 0.575. The van der Waals surface area contributed by atoms with Crippen LogP contribution in [-0.4, -0.2) is 4.21 Å².